The van der Waals surface area contributed by atoms with E-state index in [1.54, 1.807) is 18.2 Å². The Morgan fingerprint density at radius 3 is 2.70 bits per heavy atom. The molecule has 1 heterocycles. The van der Waals surface area contributed by atoms with Crippen molar-refractivity contribution in [3.8, 4) is 0 Å². The molecule has 0 spiro atoms. The van der Waals surface area contributed by atoms with Gasteiger partial charge in [0.05, 0.1) is 4.90 Å². The first-order valence-electron chi connectivity index (χ1n) is 6.42. The van der Waals surface area contributed by atoms with Gasteiger partial charge in [0.1, 0.15) is 0 Å². The molecule has 1 fully saturated rings. The normalized spacial score (nSPS) is 23.1. The predicted molar refractivity (Wildman–Crippen MR) is 86.9 cm³/mol. The van der Waals surface area contributed by atoms with Crippen LogP contribution in [0.15, 0.2) is 27.6 Å². The quantitative estimate of drug-likeness (QED) is 0.843. The molecule has 0 aliphatic carbocycles. The summed E-state index contributed by atoms with van der Waals surface area (Å²) in [6.07, 6.45) is 1.87. The molecule has 20 heavy (non-hydrogen) atoms. The molecule has 0 bridgehead atoms. The van der Waals surface area contributed by atoms with Crippen LogP contribution >= 0.6 is 28.3 Å². The van der Waals surface area contributed by atoms with Crippen molar-refractivity contribution in [2.45, 2.75) is 43.7 Å². The van der Waals surface area contributed by atoms with E-state index in [4.69, 9.17) is 0 Å². The summed E-state index contributed by atoms with van der Waals surface area (Å²) in [6.45, 7) is 4.85. The van der Waals surface area contributed by atoms with Gasteiger partial charge in [-0.25, -0.2) is 13.1 Å². The summed E-state index contributed by atoms with van der Waals surface area (Å²) in [6, 6.07) is 5.21. The van der Waals surface area contributed by atoms with Gasteiger partial charge in [-0.1, -0.05) is 15.9 Å². The number of rotatable bonds is 3. The molecule has 7 heteroatoms. The summed E-state index contributed by atoms with van der Waals surface area (Å²) in [7, 11) is -3.44. The Balaban J connectivity index is 0.00000200. The topological polar surface area (TPSA) is 58.2 Å². The molecular weight excluding hydrogens is 364 g/mol. The Kier molecular flexibility index (Phi) is 6.47. The molecule has 0 saturated carbocycles. The Labute approximate surface area is 135 Å². The Morgan fingerprint density at radius 1 is 1.40 bits per heavy atom. The molecule has 1 aliphatic rings. The maximum Gasteiger partial charge on any atom is 0.240 e. The zero-order valence-corrected chi connectivity index (χ0v) is 14.7. The summed E-state index contributed by atoms with van der Waals surface area (Å²) in [5, 5.41) is 3.29. The summed E-state index contributed by atoms with van der Waals surface area (Å²) in [5.41, 5.74) is 0.915. The largest absolute Gasteiger partial charge is 0.313 e. The second-order valence-corrected chi connectivity index (χ2v) is 7.59. The molecule has 2 unspecified atom stereocenters. The first-order valence-corrected chi connectivity index (χ1v) is 8.69. The molecule has 2 atom stereocenters. The minimum Gasteiger partial charge on any atom is -0.313 e. The van der Waals surface area contributed by atoms with Crippen molar-refractivity contribution in [3.63, 3.8) is 0 Å². The number of aryl methyl sites for hydroxylation is 1. The van der Waals surface area contributed by atoms with E-state index in [0.29, 0.717) is 4.90 Å². The second kappa shape index (κ2) is 7.22. The highest BCUT2D eigenvalue weighted by molar-refractivity contribution is 9.10. The number of piperidine rings is 1. The maximum absolute atomic E-state index is 12.4. The standard InChI is InChI=1S/C13H19BrN2O2S.ClH/c1-9-8-11(5-6-12(9)14)19(17,18)16-13-4-3-7-15-10(13)2;/h5-6,8,10,13,15-16H,3-4,7H2,1-2H3;1H. The molecule has 1 aromatic rings. The molecule has 0 aromatic heterocycles. The Hall–Kier alpha value is -0.140. The predicted octanol–water partition coefficient (Wildman–Crippen LogP) is 2.60. The molecule has 2 rings (SSSR count). The van der Waals surface area contributed by atoms with E-state index < -0.39 is 10.0 Å². The molecule has 1 aliphatic heterocycles. The number of benzene rings is 1. The second-order valence-electron chi connectivity index (χ2n) is 5.02. The zero-order valence-electron chi connectivity index (χ0n) is 11.5. The Morgan fingerprint density at radius 2 is 2.10 bits per heavy atom. The number of hydrogen-bond donors (Lipinski definition) is 2. The average Bonchev–Trinajstić information content (AvgIpc) is 2.35. The van der Waals surface area contributed by atoms with E-state index in [9.17, 15) is 8.42 Å². The summed E-state index contributed by atoms with van der Waals surface area (Å²) in [5.74, 6) is 0. The zero-order chi connectivity index (χ0) is 14.0. The van der Waals surface area contributed by atoms with Crippen LogP contribution < -0.4 is 10.0 Å². The summed E-state index contributed by atoms with van der Waals surface area (Å²) < 4.78 is 28.4. The van der Waals surface area contributed by atoms with Gasteiger partial charge < -0.3 is 5.32 Å². The minimum absolute atomic E-state index is 0. The highest BCUT2D eigenvalue weighted by Crippen LogP contribution is 2.21. The monoisotopic (exact) mass is 382 g/mol. The molecule has 2 N–H and O–H groups in total. The van der Waals surface area contributed by atoms with Crippen molar-refractivity contribution < 1.29 is 8.42 Å². The lowest BCUT2D eigenvalue weighted by Gasteiger charge is -2.30. The van der Waals surface area contributed by atoms with Gasteiger partial charge in [-0.05, 0) is 57.0 Å². The maximum atomic E-state index is 12.4. The van der Waals surface area contributed by atoms with Gasteiger partial charge in [0.15, 0.2) is 0 Å². The molecule has 1 aromatic carbocycles. The number of sulfonamides is 1. The number of halogens is 2. The highest BCUT2D eigenvalue weighted by atomic mass is 79.9. The van der Waals surface area contributed by atoms with Gasteiger partial charge in [0.25, 0.3) is 0 Å². The average molecular weight is 384 g/mol. The van der Waals surface area contributed by atoms with Crippen molar-refractivity contribution in [1.29, 1.82) is 0 Å². The van der Waals surface area contributed by atoms with Crippen LogP contribution in [0.2, 0.25) is 0 Å². The van der Waals surface area contributed by atoms with E-state index in [2.05, 4.69) is 26.0 Å². The highest BCUT2D eigenvalue weighted by Gasteiger charge is 2.26. The fourth-order valence-corrected chi connectivity index (χ4v) is 3.94. The molecule has 1 saturated heterocycles. The Bertz CT molecular complexity index is 565. The van der Waals surface area contributed by atoms with Crippen LogP contribution in [-0.2, 0) is 10.0 Å². The van der Waals surface area contributed by atoms with E-state index in [1.807, 2.05) is 13.8 Å². The fraction of sp³-hybridized carbons (Fsp3) is 0.538. The van der Waals surface area contributed by atoms with Gasteiger partial charge in [-0.2, -0.15) is 0 Å². The summed E-state index contributed by atoms with van der Waals surface area (Å²) >= 11 is 3.38. The lowest BCUT2D eigenvalue weighted by molar-refractivity contribution is 0.349. The van der Waals surface area contributed by atoms with Crippen molar-refractivity contribution >= 4 is 38.4 Å². The van der Waals surface area contributed by atoms with Gasteiger partial charge >= 0.3 is 0 Å². The minimum atomic E-state index is -3.44. The van der Waals surface area contributed by atoms with Crippen LogP contribution in [0.5, 0.6) is 0 Å². The van der Waals surface area contributed by atoms with Gasteiger partial charge in [-0.15, -0.1) is 12.4 Å². The number of hydrogen-bond acceptors (Lipinski definition) is 3. The van der Waals surface area contributed by atoms with Gasteiger partial charge in [-0.3, -0.25) is 0 Å². The van der Waals surface area contributed by atoms with Crippen LogP contribution in [0.3, 0.4) is 0 Å². The smallest absolute Gasteiger partial charge is 0.240 e. The molecule has 0 amide bonds. The molecule has 4 nitrogen and oxygen atoms in total. The van der Waals surface area contributed by atoms with Crippen LogP contribution in [0, 0.1) is 6.92 Å². The SMILES string of the molecule is Cc1cc(S(=O)(=O)NC2CCCNC2C)ccc1Br.Cl. The fourth-order valence-electron chi connectivity index (χ4n) is 2.26. The third-order valence-corrected chi connectivity index (χ3v) is 5.89. The third kappa shape index (κ3) is 4.18. The van der Waals surface area contributed by atoms with Crippen molar-refractivity contribution in [3.05, 3.63) is 28.2 Å². The molecule has 0 radical (unpaired) electrons. The van der Waals surface area contributed by atoms with Crippen LogP contribution in [0.4, 0.5) is 0 Å². The van der Waals surface area contributed by atoms with E-state index in [-0.39, 0.29) is 24.5 Å². The summed E-state index contributed by atoms with van der Waals surface area (Å²) in [4.78, 5) is 0.325. The molecular formula is C13H20BrClN2O2S. The van der Waals surface area contributed by atoms with Crippen LogP contribution in [0.25, 0.3) is 0 Å². The van der Waals surface area contributed by atoms with Crippen LogP contribution in [-0.4, -0.2) is 27.0 Å². The van der Waals surface area contributed by atoms with E-state index in [1.165, 1.54) is 0 Å². The van der Waals surface area contributed by atoms with Crippen LogP contribution in [0.1, 0.15) is 25.3 Å². The number of nitrogens with one attached hydrogen (secondary N) is 2. The van der Waals surface area contributed by atoms with E-state index >= 15 is 0 Å². The van der Waals surface area contributed by atoms with E-state index in [0.717, 1.165) is 29.4 Å². The lowest BCUT2D eigenvalue weighted by atomic mass is 10.0. The van der Waals surface area contributed by atoms with Crippen molar-refractivity contribution in [2.24, 2.45) is 0 Å². The van der Waals surface area contributed by atoms with Gasteiger partial charge in [0.2, 0.25) is 10.0 Å². The molecule has 114 valence electrons. The first-order chi connectivity index (χ1) is 8.90. The lowest BCUT2D eigenvalue weighted by Crippen LogP contribution is -2.51. The van der Waals surface area contributed by atoms with Crippen molar-refractivity contribution in [1.82, 2.24) is 10.0 Å². The van der Waals surface area contributed by atoms with Gasteiger partial charge in [0, 0.05) is 16.6 Å². The van der Waals surface area contributed by atoms with Crippen molar-refractivity contribution in [2.75, 3.05) is 6.54 Å². The third-order valence-electron chi connectivity index (χ3n) is 3.51. The first kappa shape index (κ1) is 17.9.